The fourth-order valence-electron chi connectivity index (χ4n) is 2.69. The molecule has 0 aliphatic heterocycles. The summed E-state index contributed by atoms with van der Waals surface area (Å²) in [5, 5.41) is 10.3. The molecular formula is C20H21N3O3. The van der Waals surface area contributed by atoms with Crippen molar-refractivity contribution in [3.05, 3.63) is 65.9 Å². The minimum Gasteiger partial charge on any atom is -0.448 e. The van der Waals surface area contributed by atoms with Gasteiger partial charge < -0.3 is 10.1 Å². The molecule has 1 amide bonds. The van der Waals surface area contributed by atoms with Gasteiger partial charge in [0.25, 0.3) is 5.91 Å². The van der Waals surface area contributed by atoms with Gasteiger partial charge in [0.2, 0.25) is 0 Å². The van der Waals surface area contributed by atoms with Crippen molar-refractivity contribution in [2.45, 2.75) is 25.9 Å². The van der Waals surface area contributed by atoms with Crippen LogP contribution in [0.2, 0.25) is 0 Å². The lowest BCUT2D eigenvalue weighted by atomic mass is 10.0. The number of carbonyl (C=O) groups excluding carboxylic acids is 2. The van der Waals surface area contributed by atoms with Crippen LogP contribution in [0.1, 0.15) is 35.8 Å². The molecule has 2 N–H and O–H groups in total. The van der Waals surface area contributed by atoms with Crippen molar-refractivity contribution in [2.24, 2.45) is 0 Å². The van der Waals surface area contributed by atoms with E-state index >= 15 is 0 Å². The first-order valence-electron chi connectivity index (χ1n) is 8.53. The number of nitrogens with one attached hydrogen (secondary N) is 2. The molecule has 134 valence electrons. The Balaban J connectivity index is 1.56. The fraction of sp³-hybridized carbons (Fsp3) is 0.250. The summed E-state index contributed by atoms with van der Waals surface area (Å²) in [7, 11) is 0. The van der Waals surface area contributed by atoms with Crippen LogP contribution in [0.15, 0.2) is 54.6 Å². The third-order valence-corrected chi connectivity index (χ3v) is 4.27. The molecule has 0 spiro atoms. The number of amides is 1. The van der Waals surface area contributed by atoms with Crippen LogP contribution in [0.25, 0.3) is 10.9 Å². The van der Waals surface area contributed by atoms with E-state index in [1.165, 1.54) is 0 Å². The molecule has 0 radical (unpaired) electrons. The highest BCUT2D eigenvalue weighted by molar-refractivity contribution is 6.02. The number of hydrogen-bond donors (Lipinski definition) is 2. The third kappa shape index (κ3) is 3.91. The van der Waals surface area contributed by atoms with E-state index < -0.39 is 12.1 Å². The predicted molar refractivity (Wildman–Crippen MR) is 98.8 cm³/mol. The molecule has 26 heavy (non-hydrogen) atoms. The molecule has 3 rings (SSSR count). The first-order valence-corrected chi connectivity index (χ1v) is 8.53. The largest absolute Gasteiger partial charge is 0.448 e. The number of H-pyrrole nitrogens is 1. The number of fused-ring (bicyclic) bond motifs is 1. The molecule has 0 fully saturated rings. The number of carbonyl (C=O) groups is 2. The maximum Gasteiger partial charge on any atom is 0.360 e. The van der Waals surface area contributed by atoms with E-state index in [0.29, 0.717) is 11.9 Å². The summed E-state index contributed by atoms with van der Waals surface area (Å²) in [5.41, 5.74) is 2.06. The maximum atomic E-state index is 12.3. The molecule has 0 unspecified atom stereocenters. The zero-order valence-corrected chi connectivity index (χ0v) is 14.7. The molecule has 0 saturated carbocycles. The monoisotopic (exact) mass is 351 g/mol. The second kappa shape index (κ2) is 7.82. The molecule has 6 heteroatoms. The van der Waals surface area contributed by atoms with Crippen LogP contribution in [0, 0.1) is 0 Å². The van der Waals surface area contributed by atoms with Gasteiger partial charge in [0.15, 0.2) is 11.8 Å². The van der Waals surface area contributed by atoms with Crippen molar-refractivity contribution >= 4 is 22.8 Å². The minimum atomic E-state index is -0.902. The summed E-state index contributed by atoms with van der Waals surface area (Å²) in [6.07, 6.45) is -0.902. The van der Waals surface area contributed by atoms with Gasteiger partial charge in [-0.05, 0) is 24.5 Å². The molecule has 0 saturated heterocycles. The number of para-hydroxylation sites is 1. The van der Waals surface area contributed by atoms with Gasteiger partial charge in [-0.3, -0.25) is 9.89 Å². The van der Waals surface area contributed by atoms with Crippen LogP contribution in [0.3, 0.4) is 0 Å². The minimum absolute atomic E-state index is 0.165. The smallest absolute Gasteiger partial charge is 0.360 e. The van der Waals surface area contributed by atoms with Gasteiger partial charge >= 0.3 is 5.97 Å². The zero-order chi connectivity index (χ0) is 18.5. The SMILES string of the molecule is C[C@H](OC(=O)c1n[nH]c2ccccc12)C(=O)NC[C@@H](C)c1ccccc1. The molecule has 0 aliphatic carbocycles. The summed E-state index contributed by atoms with van der Waals surface area (Å²) in [6, 6.07) is 17.2. The highest BCUT2D eigenvalue weighted by Gasteiger charge is 2.22. The van der Waals surface area contributed by atoms with Crippen LogP contribution in [-0.2, 0) is 9.53 Å². The first-order chi connectivity index (χ1) is 12.6. The van der Waals surface area contributed by atoms with Crippen molar-refractivity contribution < 1.29 is 14.3 Å². The van der Waals surface area contributed by atoms with Crippen LogP contribution in [0.4, 0.5) is 0 Å². The van der Waals surface area contributed by atoms with E-state index in [-0.39, 0.29) is 17.5 Å². The Morgan fingerprint density at radius 2 is 1.77 bits per heavy atom. The zero-order valence-electron chi connectivity index (χ0n) is 14.7. The Hall–Kier alpha value is -3.15. The molecule has 2 atom stereocenters. The third-order valence-electron chi connectivity index (χ3n) is 4.27. The number of esters is 1. The second-order valence-corrected chi connectivity index (χ2v) is 6.22. The van der Waals surface area contributed by atoms with Gasteiger partial charge in [-0.15, -0.1) is 0 Å². The molecule has 0 aliphatic rings. The van der Waals surface area contributed by atoms with Gasteiger partial charge in [-0.1, -0.05) is 55.5 Å². The van der Waals surface area contributed by atoms with E-state index in [9.17, 15) is 9.59 Å². The number of hydrogen-bond acceptors (Lipinski definition) is 4. The van der Waals surface area contributed by atoms with E-state index in [2.05, 4.69) is 15.5 Å². The topological polar surface area (TPSA) is 84.1 Å². The second-order valence-electron chi connectivity index (χ2n) is 6.22. The van der Waals surface area contributed by atoms with E-state index in [0.717, 1.165) is 11.1 Å². The van der Waals surface area contributed by atoms with Crippen molar-refractivity contribution in [2.75, 3.05) is 6.54 Å². The summed E-state index contributed by atoms with van der Waals surface area (Å²) in [6.45, 7) is 4.05. The van der Waals surface area contributed by atoms with E-state index in [1.54, 1.807) is 13.0 Å². The van der Waals surface area contributed by atoms with Crippen molar-refractivity contribution in [1.82, 2.24) is 15.5 Å². The molecule has 1 heterocycles. The van der Waals surface area contributed by atoms with Gasteiger partial charge in [0.1, 0.15) is 0 Å². The highest BCUT2D eigenvalue weighted by atomic mass is 16.5. The molecule has 6 nitrogen and oxygen atoms in total. The number of ether oxygens (including phenoxy) is 1. The molecular weight excluding hydrogens is 330 g/mol. The van der Waals surface area contributed by atoms with E-state index in [4.69, 9.17) is 4.74 Å². The Kier molecular flexibility index (Phi) is 5.31. The van der Waals surface area contributed by atoms with Crippen LogP contribution in [-0.4, -0.2) is 34.7 Å². The normalized spacial score (nSPS) is 13.2. The average molecular weight is 351 g/mol. The number of nitrogens with zero attached hydrogens (tertiary/aromatic N) is 1. The fourth-order valence-corrected chi connectivity index (χ4v) is 2.69. The molecule has 1 aromatic heterocycles. The van der Waals surface area contributed by atoms with E-state index in [1.807, 2.05) is 55.5 Å². The predicted octanol–water partition coefficient (Wildman–Crippen LogP) is 3.03. The van der Waals surface area contributed by atoms with Gasteiger partial charge in [-0.25, -0.2) is 4.79 Å². The number of rotatable bonds is 6. The standard InChI is InChI=1S/C20H21N3O3/c1-13(15-8-4-3-5-9-15)12-21-19(24)14(2)26-20(25)18-16-10-6-7-11-17(16)22-23-18/h3-11,13-14H,12H2,1-2H3,(H,21,24)(H,22,23)/t13-,14+/m1/s1. The Morgan fingerprint density at radius 1 is 1.08 bits per heavy atom. The molecule has 2 aromatic carbocycles. The number of aromatic nitrogens is 2. The summed E-state index contributed by atoms with van der Waals surface area (Å²) < 4.78 is 5.27. The van der Waals surface area contributed by atoms with Gasteiger partial charge in [0, 0.05) is 11.9 Å². The van der Waals surface area contributed by atoms with Gasteiger partial charge in [0.05, 0.1) is 5.52 Å². The molecule has 0 bridgehead atoms. The van der Waals surface area contributed by atoms with Crippen molar-refractivity contribution in [1.29, 1.82) is 0 Å². The Bertz CT molecular complexity index is 905. The summed E-state index contributed by atoms with van der Waals surface area (Å²) >= 11 is 0. The molecule has 3 aromatic rings. The van der Waals surface area contributed by atoms with Crippen LogP contribution >= 0.6 is 0 Å². The maximum absolute atomic E-state index is 12.3. The highest BCUT2D eigenvalue weighted by Crippen LogP contribution is 2.17. The van der Waals surface area contributed by atoms with Gasteiger partial charge in [-0.2, -0.15) is 5.10 Å². The Labute approximate surface area is 151 Å². The summed E-state index contributed by atoms with van der Waals surface area (Å²) in [5.74, 6) is -0.791. The number of benzene rings is 2. The van der Waals surface area contributed by atoms with Crippen LogP contribution < -0.4 is 5.32 Å². The average Bonchev–Trinajstić information content (AvgIpc) is 3.10. The lowest BCUT2D eigenvalue weighted by Crippen LogP contribution is -2.37. The quantitative estimate of drug-likeness (QED) is 0.669. The summed E-state index contributed by atoms with van der Waals surface area (Å²) in [4.78, 5) is 24.5. The van der Waals surface area contributed by atoms with Crippen molar-refractivity contribution in [3.8, 4) is 0 Å². The number of aromatic amines is 1. The van der Waals surface area contributed by atoms with Crippen molar-refractivity contribution in [3.63, 3.8) is 0 Å². The Morgan fingerprint density at radius 3 is 2.54 bits per heavy atom. The first kappa shape index (κ1) is 17.7. The lowest BCUT2D eigenvalue weighted by molar-refractivity contribution is -0.129. The van der Waals surface area contributed by atoms with Crippen LogP contribution in [0.5, 0.6) is 0 Å². The lowest BCUT2D eigenvalue weighted by Gasteiger charge is -2.16.